The van der Waals surface area contributed by atoms with E-state index in [1.54, 1.807) is 0 Å². The van der Waals surface area contributed by atoms with Crippen LogP contribution >= 0.6 is 0 Å². The largest absolute Gasteiger partial charge is 0.394 e. The van der Waals surface area contributed by atoms with E-state index in [1.165, 1.54) is 0 Å². The molecule has 0 bridgehead atoms. The van der Waals surface area contributed by atoms with Crippen molar-refractivity contribution in [3.63, 3.8) is 0 Å². The molecule has 104 valence electrons. The standard InChI is InChI=1S/C16H19N3O/c1-12-14(8-15(9-17)19(12)2)10-18-16(11-20)13-6-4-3-5-7-13/h3-8,16,18,20H,10-11H2,1-2H3. The van der Waals surface area contributed by atoms with E-state index >= 15 is 0 Å². The highest BCUT2D eigenvalue weighted by molar-refractivity contribution is 5.34. The number of rotatable bonds is 5. The normalized spacial score (nSPS) is 12.1. The van der Waals surface area contributed by atoms with Gasteiger partial charge in [-0.25, -0.2) is 0 Å². The topological polar surface area (TPSA) is 61.0 Å². The maximum Gasteiger partial charge on any atom is 0.120 e. The molecule has 1 unspecified atom stereocenters. The Balaban J connectivity index is 2.10. The monoisotopic (exact) mass is 269 g/mol. The Kier molecular flexibility index (Phi) is 4.57. The molecule has 0 aliphatic carbocycles. The number of nitrogens with one attached hydrogen (secondary N) is 1. The van der Waals surface area contributed by atoms with Crippen molar-refractivity contribution in [1.29, 1.82) is 5.26 Å². The van der Waals surface area contributed by atoms with Crippen molar-refractivity contribution in [3.8, 4) is 6.07 Å². The van der Waals surface area contributed by atoms with Gasteiger partial charge in [-0.2, -0.15) is 5.26 Å². The zero-order valence-electron chi connectivity index (χ0n) is 11.8. The Hall–Kier alpha value is -2.09. The van der Waals surface area contributed by atoms with Gasteiger partial charge >= 0.3 is 0 Å². The lowest BCUT2D eigenvalue weighted by Gasteiger charge is -2.16. The fraction of sp³-hybridized carbons (Fsp3) is 0.312. The second-order valence-electron chi connectivity index (χ2n) is 4.84. The second-order valence-corrected chi connectivity index (χ2v) is 4.84. The lowest BCUT2D eigenvalue weighted by molar-refractivity contribution is 0.243. The fourth-order valence-electron chi connectivity index (χ4n) is 2.25. The average molecular weight is 269 g/mol. The summed E-state index contributed by atoms with van der Waals surface area (Å²) in [5.74, 6) is 0. The number of nitrogens with zero attached hydrogens (tertiary/aromatic N) is 2. The Morgan fingerprint density at radius 2 is 2.05 bits per heavy atom. The molecule has 2 aromatic rings. The zero-order chi connectivity index (χ0) is 14.5. The third kappa shape index (κ3) is 2.90. The van der Waals surface area contributed by atoms with E-state index in [0.29, 0.717) is 12.2 Å². The van der Waals surface area contributed by atoms with E-state index in [-0.39, 0.29) is 12.6 Å². The van der Waals surface area contributed by atoms with Crippen molar-refractivity contribution < 1.29 is 5.11 Å². The summed E-state index contributed by atoms with van der Waals surface area (Å²) in [6.07, 6.45) is 0. The molecule has 4 heteroatoms. The Labute approximate surface area is 119 Å². The number of nitriles is 1. The molecule has 1 heterocycles. The van der Waals surface area contributed by atoms with Gasteiger partial charge in [-0.1, -0.05) is 30.3 Å². The highest BCUT2D eigenvalue weighted by Crippen LogP contribution is 2.16. The summed E-state index contributed by atoms with van der Waals surface area (Å²) in [4.78, 5) is 0. The van der Waals surface area contributed by atoms with E-state index in [4.69, 9.17) is 5.26 Å². The first-order valence-electron chi connectivity index (χ1n) is 6.62. The molecule has 0 fully saturated rings. The van der Waals surface area contributed by atoms with Gasteiger partial charge in [-0.15, -0.1) is 0 Å². The molecule has 0 spiro atoms. The van der Waals surface area contributed by atoms with Crippen molar-refractivity contribution >= 4 is 0 Å². The van der Waals surface area contributed by atoms with Crippen LogP contribution in [0.5, 0.6) is 0 Å². The first kappa shape index (κ1) is 14.3. The Morgan fingerprint density at radius 1 is 1.35 bits per heavy atom. The quantitative estimate of drug-likeness (QED) is 0.873. The van der Waals surface area contributed by atoms with Crippen molar-refractivity contribution in [2.24, 2.45) is 7.05 Å². The van der Waals surface area contributed by atoms with Crippen LogP contribution in [0.3, 0.4) is 0 Å². The van der Waals surface area contributed by atoms with Gasteiger partial charge in [-0.3, -0.25) is 0 Å². The van der Waals surface area contributed by atoms with E-state index in [2.05, 4.69) is 11.4 Å². The smallest absolute Gasteiger partial charge is 0.120 e. The van der Waals surface area contributed by atoms with Crippen molar-refractivity contribution in [3.05, 3.63) is 58.9 Å². The molecule has 2 N–H and O–H groups in total. The summed E-state index contributed by atoms with van der Waals surface area (Å²) >= 11 is 0. The summed E-state index contributed by atoms with van der Waals surface area (Å²) in [6.45, 7) is 2.66. The van der Waals surface area contributed by atoms with Crippen molar-refractivity contribution in [2.75, 3.05) is 6.61 Å². The maximum absolute atomic E-state index is 9.51. The molecular weight excluding hydrogens is 250 g/mol. The van der Waals surface area contributed by atoms with Crippen molar-refractivity contribution in [2.45, 2.75) is 19.5 Å². The number of benzene rings is 1. The van der Waals surface area contributed by atoms with Gasteiger partial charge in [0.25, 0.3) is 0 Å². The molecule has 1 aromatic heterocycles. The minimum Gasteiger partial charge on any atom is -0.394 e. The van der Waals surface area contributed by atoms with Gasteiger partial charge in [0, 0.05) is 19.3 Å². The molecule has 1 atom stereocenters. The number of aliphatic hydroxyl groups excluding tert-OH is 1. The first-order chi connectivity index (χ1) is 9.67. The number of aromatic nitrogens is 1. The highest BCUT2D eigenvalue weighted by atomic mass is 16.3. The summed E-state index contributed by atoms with van der Waals surface area (Å²) in [6, 6.07) is 13.8. The van der Waals surface area contributed by atoms with Crippen molar-refractivity contribution in [1.82, 2.24) is 9.88 Å². The van der Waals surface area contributed by atoms with Crippen LogP contribution in [0, 0.1) is 18.3 Å². The third-order valence-electron chi connectivity index (χ3n) is 3.68. The van der Waals surface area contributed by atoms with E-state index < -0.39 is 0 Å². The summed E-state index contributed by atoms with van der Waals surface area (Å²) < 4.78 is 1.88. The predicted molar refractivity (Wildman–Crippen MR) is 78.0 cm³/mol. The van der Waals surface area contributed by atoms with Crippen LogP contribution in [0.2, 0.25) is 0 Å². The van der Waals surface area contributed by atoms with Gasteiger partial charge in [-0.05, 0) is 24.1 Å². The highest BCUT2D eigenvalue weighted by Gasteiger charge is 2.12. The molecule has 1 aromatic carbocycles. The van der Waals surface area contributed by atoms with E-state index in [9.17, 15) is 5.11 Å². The minimum atomic E-state index is -0.0960. The Bertz CT molecular complexity index is 611. The summed E-state index contributed by atoms with van der Waals surface area (Å²) in [5.41, 5.74) is 3.86. The van der Waals surface area contributed by atoms with E-state index in [0.717, 1.165) is 16.8 Å². The number of hydrogen-bond acceptors (Lipinski definition) is 3. The van der Waals surface area contributed by atoms with Crippen LogP contribution in [0.4, 0.5) is 0 Å². The van der Waals surface area contributed by atoms with Crippen LogP contribution in [0.15, 0.2) is 36.4 Å². The average Bonchev–Trinajstić information content (AvgIpc) is 2.77. The molecule has 0 aliphatic rings. The second kappa shape index (κ2) is 6.38. The fourth-order valence-corrected chi connectivity index (χ4v) is 2.25. The maximum atomic E-state index is 9.51. The van der Waals surface area contributed by atoms with Gasteiger partial charge < -0.3 is 15.0 Å². The van der Waals surface area contributed by atoms with Crippen LogP contribution < -0.4 is 5.32 Å². The molecule has 0 aliphatic heterocycles. The SMILES string of the molecule is Cc1c(CNC(CO)c2ccccc2)cc(C#N)n1C. The lowest BCUT2D eigenvalue weighted by atomic mass is 10.1. The van der Waals surface area contributed by atoms with Crippen LogP contribution in [-0.2, 0) is 13.6 Å². The molecular formula is C16H19N3O. The molecule has 0 saturated heterocycles. The number of aliphatic hydroxyl groups is 1. The first-order valence-corrected chi connectivity index (χ1v) is 6.62. The van der Waals surface area contributed by atoms with Crippen LogP contribution in [0.25, 0.3) is 0 Å². The predicted octanol–water partition coefficient (Wildman–Crippen LogP) is 2.03. The molecule has 4 nitrogen and oxygen atoms in total. The summed E-state index contributed by atoms with van der Waals surface area (Å²) in [5, 5.41) is 21.9. The zero-order valence-corrected chi connectivity index (χ0v) is 11.8. The van der Waals surface area contributed by atoms with Gasteiger partial charge in [0.2, 0.25) is 0 Å². The third-order valence-corrected chi connectivity index (χ3v) is 3.68. The lowest BCUT2D eigenvalue weighted by Crippen LogP contribution is -2.24. The minimum absolute atomic E-state index is 0.0427. The van der Waals surface area contributed by atoms with Gasteiger partial charge in [0.05, 0.1) is 12.6 Å². The van der Waals surface area contributed by atoms with Crippen LogP contribution in [-0.4, -0.2) is 16.3 Å². The van der Waals surface area contributed by atoms with Crippen LogP contribution in [0.1, 0.15) is 28.6 Å². The molecule has 20 heavy (non-hydrogen) atoms. The van der Waals surface area contributed by atoms with Gasteiger partial charge in [0.15, 0.2) is 0 Å². The molecule has 0 radical (unpaired) electrons. The molecule has 0 saturated carbocycles. The van der Waals surface area contributed by atoms with E-state index in [1.807, 2.05) is 54.9 Å². The Morgan fingerprint density at radius 3 is 2.60 bits per heavy atom. The summed E-state index contributed by atoms with van der Waals surface area (Å²) in [7, 11) is 1.89. The number of hydrogen-bond donors (Lipinski definition) is 2. The molecule has 0 amide bonds. The molecule has 2 rings (SSSR count). The van der Waals surface area contributed by atoms with Gasteiger partial charge in [0.1, 0.15) is 11.8 Å².